The first-order chi connectivity index (χ1) is 16.3. The molecule has 0 radical (unpaired) electrons. The Hall–Kier alpha value is -3.30. The largest absolute Gasteiger partial charge is 0.451 e. The molecule has 2 saturated heterocycles. The van der Waals surface area contributed by atoms with Crippen LogP contribution in [0.1, 0.15) is 35.6 Å². The summed E-state index contributed by atoms with van der Waals surface area (Å²) in [5.74, 6) is -1.14. The van der Waals surface area contributed by atoms with E-state index < -0.39 is 38.1 Å². The molecule has 174 valence electrons. The zero-order valence-corrected chi connectivity index (χ0v) is 19.9. The molecular formula is C25H22N2O5S2. The van der Waals surface area contributed by atoms with Crippen LogP contribution < -0.4 is 0 Å². The summed E-state index contributed by atoms with van der Waals surface area (Å²) in [6.45, 7) is 1.48. The number of carbonyl (C=O) groups is 2. The summed E-state index contributed by atoms with van der Waals surface area (Å²) >= 11 is 1.35. The van der Waals surface area contributed by atoms with Crippen LogP contribution in [0.2, 0.25) is 0 Å². The van der Waals surface area contributed by atoms with Crippen LogP contribution in [0.4, 0.5) is 0 Å². The third kappa shape index (κ3) is 3.56. The molecule has 0 N–H and O–H groups in total. The van der Waals surface area contributed by atoms with Gasteiger partial charge in [-0.1, -0.05) is 66.7 Å². The molecule has 0 bridgehead atoms. The van der Waals surface area contributed by atoms with E-state index in [1.165, 1.54) is 24.3 Å². The third-order valence-electron chi connectivity index (χ3n) is 6.41. The minimum atomic E-state index is -3.88. The van der Waals surface area contributed by atoms with E-state index >= 15 is 0 Å². The van der Waals surface area contributed by atoms with Crippen LogP contribution in [0.3, 0.4) is 0 Å². The molecule has 0 aliphatic carbocycles. The van der Waals surface area contributed by atoms with Crippen molar-refractivity contribution in [3.63, 3.8) is 0 Å². The van der Waals surface area contributed by atoms with Crippen molar-refractivity contribution >= 4 is 39.1 Å². The number of amides is 1. The second-order valence-electron chi connectivity index (χ2n) is 8.43. The molecule has 7 nitrogen and oxygen atoms in total. The lowest BCUT2D eigenvalue weighted by Crippen LogP contribution is -2.57. The summed E-state index contributed by atoms with van der Waals surface area (Å²) in [5, 5.41) is 1.35. The molecule has 1 aromatic heterocycles. The molecule has 2 aliphatic rings. The fraction of sp³-hybridized carbons (Fsp3) is 0.240. The van der Waals surface area contributed by atoms with Crippen LogP contribution >= 0.6 is 11.3 Å². The lowest BCUT2D eigenvalue weighted by Gasteiger charge is -2.36. The maximum Gasteiger partial charge on any atom is 0.331 e. The molecule has 3 heterocycles. The van der Waals surface area contributed by atoms with Gasteiger partial charge >= 0.3 is 5.97 Å². The minimum absolute atomic E-state index is 0.131. The van der Waals surface area contributed by atoms with Gasteiger partial charge in [0.2, 0.25) is 5.91 Å². The van der Waals surface area contributed by atoms with Crippen molar-refractivity contribution in [3.8, 4) is 0 Å². The lowest BCUT2D eigenvalue weighted by atomic mass is 9.95. The number of hydrogen-bond acceptors (Lipinski definition) is 7. The summed E-state index contributed by atoms with van der Waals surface area (Å²) in [7, 11) is -3.88. The van der Waals surface area contributed by atoms with Gasteiger partial charge in [0.25, 0.3) is 0 Å². The van der Waals surface area contributed by atoms with Gasteiger partial charge in [-0.15, -0.1) is 11.3 Å². The molecule has 3 atom stereocenters. The van der Waals surface area contributed by atoms with Crippen molar-refractivity contribution in [1.29, 1.82) is 0 Å². The average Bonchev–Trinajstić information content (AvgIpc) is 3.41. The molecule has 0 unspecified atom stereocenters. The van der Waals surface area contributed by atoms with Gasteiger partial charge < -0.3 is 9.64 Å². The number of rotatable bonds is 6. The Morgan fingerprint density at radius 2 is 1.76 bits per heavy atom. The van der Waals surface area contributed by atoms with E-state index in [0.717, 1.165) is 16.0 Å². The van der Waals surface area contributed by atoms with Gasteiger partial charge in [0.15, 0.2) is 22.0 Å². The summed E-state index contributed by atoms with van der Waals surface area (Å²) < 4.78 is 31.2. The molecule has 34 heavy (non-hydrogen) atoms. The van der Waals surface area contributed by atoms with Crippen LogP contribution in [0.15, 0.2) is 78.3 Å². The Morgan fingerprint density at radius 1 is 1.15 bits per heavy atom. The quantitative estimate of drug-likeness (QED) is 0.384. The summed E-state index contributed by atoms with van der Waals surface area (Å²) in [6, 6.07) is 17.2. The number of benzene rings is 2. The molecule has 9 heteroatoms. The minimum Gasteiger partial charge on any atom is -0.451 e. The normalized spacial score (nSPS) is 25.4. The highest BCUT2D eigenvalue weighted by atomic mass is 32.2. The van der Waals surface area contributed by atoms with E-state index in [1.807, 2.05) is 60.7 Å². The Bertz CT molecular complexity index is 1300. The summed E-state index contributed by atoms with van der Waals surface area (Å²) in [5.41, 5.74) is 1.49. The highest BCUT2D eigenvalue weighted by Gasteiger charge is 2.69. The van der Waals surface area contributed by atoms with Gasteiger partial charge in [-0.2, -0.15) is 0 Å². The molecular weight excluding hydrogens is 472 g/mol. The van der Waals surface area contributed by atoms with Crippen LogP contribution in [0.25, 0.3) is 6.08 Å². The first-order valence-corrected chi connectivity index (χ1v) is 13.2. The number of thiazole rings is 1. The van der Waals surface area contributed by atoms with E-state index in [-0.39, 0.29) is 12.3 Å². The summed E-state index contributed by atoms with van der Waals surface area (Å²) in [6.07, 6.45) is 3.79. The predicted octanol–water partition coefficient (Wildman–Crippen LogP) is 3.60. The van der Waals surface area contributed by atoms with Crippen LogP contribution in [-0.2, 0) is 24.2 Å². The average molecular weight is 495 g/mol. The van der Waals surface area contributed by atoms with Crippen molar-refractivity contribution in [3.05, 3.63) is 94.5 Å². The van der Waals surface area contributed by atoms with Gasteiger partial charge in [0.05, 0.1) is 6.42 Å². The first-order valence-electron chi connectivity index (χ1n) is 10.8. The Labute approximate surface area is 201 Å². The van der Waals surface area contributed by atoms with Crippen molar-refractivity contribution in [1.82, 2.24) is 9.88 Å². The topological polar surface area (TPSA) is 93.6 Å². The zero-order chi connectivity index (χ0) is 23.9. The number of fused-ring (bicyclic) bond motifs is 1. The summed E-state index contributed by atoms with van der Waals surface area (Å²) in [4.78, 5) is 31.5. The van der Waals surface area contributed by atoms with E-state index in [1.54, 1.807) is 17.7 Å². The molecule has 1 amide bonds. The molecule has 5 rings (SSSR count). The number of carbonyl (C=O) groups excluding carboxylic acids is 2. The molecule has 2 aliphatic heterocycles. The van der Waals surface area contributed by atoms with Crippen molar-refractivity contribution in [2.24, 2.45) is 0 Å². The molecule has 0 spiro atoms. The second kappa shape index (κ2) is 8.48. The maximum absolute atomic E-state index is 13.7. The number of sulfone groups is 1. The second-order valence-corrected chi connectivity index (χ2v) is 11.9. The highest BCUT2D eigenvalue weighted by molar-refractivity contribution is 7.94. The monoisotopic (exact) mass is 494 g/mol. The number of β-lactam (4-membered cyclic amide) rings is 1. The standard InChI is InChI=1S/C25H22N2O5S2/c1-25(13-12-19-26-14-15-33-19)23(27-20(28)16-21(27)34(25,30)31)24(29)32-22(17-8-4-2-5-9-17)18-10-6-3-7-11-18/h2-15,21-23H,16H2,1H3/t21-,23+,25+/m1/s1. The molecule has 2 fully saturated rings. The van der Waals surface area contributed by atoms with Gasteiger partial charge in [-0.3, -0.25) is 4.79 Å². The predicted molar refractivity (Wildman–Crippen MR) is 128 cm³/mol. The van der Waals surface area contributed by atoms with E-state index in [4.69, 9.17) is 4.74 Å². The Morgan fingerprint density at radius 3 is 2.29 bits per heavy atom. The number of esters is 1. The molecule has 0 saturated carbocycles. The SMILES string of the molecule is C[C@]1(C=Cc2nccs2)[C@H](C(=O)OC(c2ccccc2)c2ccccc2)N2C(=O)C[C@H]2S1(=O)=O. The number of nitrogens with zero attached hydrogens (tertiary/aromatic N) is 2. The number of hydrogen-bond donors (Lipinski definition) is 0. The van der Waals surface area contributed by atoms with Gasteiger partial charge in [-0.05, 0) is 24.1 Å². The van der Waals surface area contributed by atoms with E-state index in [0.29, 0.717) is 5.01 Å². The fourth-order valence-electron chi connectivity index (χ4n) is 4.55. The Kier molecular flexibility index (Phi) is 5.61. The van der Waals surface area contributed by atoms with Crippen molar-refractivity contribution in [2.45, 2.75) is 35.6 Å². The van der Waals surface area contributed by atoms with Gasteiger partial charge in [-0.25, -0.2) is 18.2 Å². The van der Waals surface area contributed by atoms with Crippen LogP contribution in [-0.4, -0.2) is 46.3 Å². The van der Waals surface area contributed by atoms with Crippen LogP contribution in [0, 0.1) is 0 Å². The smallest absolute Gasteiger partial charge is 0.331 e. The van der Waals surface area contributed by atoms with Gasteiger partial charge in [0, 0.05) is 11.6 Å². The zero-order valence-electron chi connectivity index (χ0n) is 18.3. The highest BCUT2D eigenvalue weighted by Crippen LogP contribution is 2.48. The number of ether oxygens (including phenoxy) is 1. The lowest BCUT2D eigenvalue weighted by molar-refractivity contribution is -0.163. The van der Waals surface area contributed by atoms with E-state index in [9.17, 15) is 18.0 Å². The third-order valence-corrected chi connectivity index (χ3v) is 9.85. The van der Waals surface area contributed by atoms with Crippen LogP contribution in [0.5, 0.6) is 0 Å². The molecule has 2 aromatic carbocycles. The fourth-order valence-corrected chi connectivity index (χ4v) is 7.34. The maximum atomic E-state index is 13.7. The first kappa shape index (κ1) is 22.5. The van der Waals surface area contributed by atoms with Crippen molar-refractivity contribution in [2.75, 3.05) is 0 Å². The Balaban J connectivity index is 1.54. The van der Waals surface area contributed by atoms with E-state index in [2.05, 4.69) is 4.98 Å². The molecule has 3 aromatic rings. The van der Waals surface area contributed by atoms with Crippen molar-refractivity contribution < 1.29 is 22.7 Å². The number of aromatic nitrogens is 1. The van der Waals surface area contributed by atoms with Gasteiger partial charge in [0.1, 0.15) is 15.1 Å².